The third kappa shape index (κ3) is 15.0. The number of hydrogen-bond acceptors (Lipinski definition) is 11. The van der Waals surface area contributed by atoms with E-state index in [1.807, 2.05) is 55.4 Å². The van der Waals surface area contributed by atoms with Crippen LogP contribution in [0.5, 0.6) is 11.5 Å². The molecule has 0 aliphatic heterocycles. The first-order valence-corrected chi connectivity index (χ1v) is 14.3. The molecule has 11 heteroatoms. The lowest BCUT2D eigenvalue weighted by Crippen LogP contribution is -2.43. The molecule has 0 radical (unpaired) electrons. The van der Waals surface area contributed by atoms with Crippen molar-refractivity contribution >= 4 is 24.2 Å². The van der Waals surface area contributed by atoms with Crippen LogP contribution in [0.3, 0.4) is 0 Å². The first kappa shape index (κ1) is 36.7. The molecular formula is C31H49NO10. The van der Waals surface area contributed by atoms with E-state index in [9.17, 15) is 19.2 Å². The fraction of sp³-hybridized carbons (Fsp3) is 0.677. The summed E-state index contributed by atoms with van der Waals surface area (Å²) in [5.41, 5.74) is -0.0120. The minimum absolute atomic E-state index is 0.0605. The Hall–Kier alpha value is -3.34. The topological polar surface area (TPSA) is 136 Å². The Labute approximate surface area is 249 Å². The lowest BCUT2D eigenvalue weighted by atomic mass is 9.99. The monoisotopic (exact) mass is 595 g/mol. The molecule has 0 heterocycles. The minimum atomic E-state index is -0.981. The van der Waals surface area contributed by atoms with Gasteiger partial charge in [0.2, 0.25) is 0 Å². The van der Waals surface area contributed by atoms with Gasteiger partial charge in [0.15, 0.2) is 11.5 Å². The lowest BCUT2D eigenvalue weighted by molar-refractivity contribution is -0.152. The molecule has 0 aliphatic rings. The summed E-state index contributed by atoms with van der Waals surface area (Å²) in [6.45, 7) is 17.4. The number of hydrogen-bond donors (Lipinski definition) is 1. The van der Waals surface area contributed by atoms with E-state index in [1.54, 1.807) is 13.0 Å². The van der Waals surface area contributed by atoms with Crippen LogP contribution in [0.1, 0.15) is 80.7 Å². The molecule has 1 aromatic carbocycles. The minimum Gasteiger partial charge on any atom is -0.468 e. The smallest absolute Gasteiger partial charge is 0.468 e. The van der Waals surface area contributed by atoms with Crippen molar-refractivity contribution in [3.8, 4) is 11.5 Å². The second-order valence-corrected chi connectivity index (χ2v) is 12.8. The van der Waals surface area contributed by atoms with E-state index < -0.39 is 30.4 Å². The second-order valence-electron chi connectivity index (χ2n) is 12.8. The van der Waals surface area contributed by atoms with Crippen LogP contribution in [0.2, 0.25) is 0 Å². The lowest BCUT2D eigenvalue weighted by Gasteiger charge is -2.21. The van der Waals surface area contributed by atoms with Crippen molar-refractivity contribution in [3.05, 3.63) is 23.8 Å². The second kappa shape index (κ2) is 16.9. The third-order valence-corrected chi connectivity index (χ3v) is 5.66. The zero-order chi connectivity index (χ0) is 32.1. The predicted octanol–water partition coefficient (Wildman–Crippen LogP) is 5.85. The zero-order valence-corrected chi connectivity index (χ0v) is 26.8. The molecule has 3 atom stereocenters. The molecule has 1 rings (SSSR count). The number of nitrogens with one attached hydrogen (secondary N) is 1. The third-order valence-electron chi connectivity index (χ3n) is 5.66. The predicted molar refractivity (Wildman–Crippen MR) is 156 cm³/mol. The van der Waals surface area contributed by atoms with Gasteiger partial charge in [-0.3, -0.25) is 9.59 Å². The van der Waals surface area contributed by atoms with Crippen molar-refractivity contribution in [1.82, 2.24) is 5.32 Å². The van der Waals surface area contributed by atoms with E-state index in [0.29, 0.717) is 5.56 Å². The van der Waals surface area contributed by atoms with E-state index >= 15 is 0 Å². The Kier molecular flexibility index (Phi) is 14.8. The summed E-state index contributed by atoms with van der Waals surface area (Å²) in [6.07, 6.45) is -0.708. The Morgan fingerprint density at radius 1 is 0.833 bits per heavy atom. The van der Waals surface area contributed by atoms with Gasteiger partial charge in [-0.2, -0.15) is 0 Å². The number of rotatable bonds is 14. The number of esters is 2. The quantitative estimate of drug-likeness (QED) is 0.158. The number of carbonyl (C=O) groups is 4. The van der Waals surface area contributed by atoms with Crippen molar-refractivity contribution in [2.24, 2.45) is 16.7 Å². The number of ether oxygens (including phenoxy) is 6. The van der Waals surface area contributed by atoms with Gasteiger partial charge in [-0.05, 0) is 48.3 Å². The van der Waals surface area contributed by atoms with Crippen LogP contribution < -0.4 is 14.8 Å². The van der Waals surface area contributed by atoms with Crippen LogP contribution in [-0.4, -0.2) is 63.3 Å². The molecule has 0 bridgehead atoms. The Morgan fingerprint density at radius 3 is 1.88 bits per heavy atom. The summed E-state index contributed by atoms with van der Waals surface area (Å²) in [5.74, 6) is -1.19. The fourth-order valence-corrected chi connectivity index (χ4v) is 3.46. The average Bonchev–Trinajstić information content (AvgIpc) is 2.88. The number of methoxy groups -OCH3 is 1. The van der Waals surface area contributed by atoms with Crippen LogP contribution in [0.4, 0.5) is 9.59 Å². The summed E-state index contributed by atoms with van der Waals surface area (Å²) in [5, 5.41) is 3.08. The summed E-state index contributed by atoms with van der Waals surface area (Å²) >= 11 is 0. The Morgan fingerprint density at radius 2 is 1.38 bits per heavy atom. The van der Waals surface area contributed by atoms with Crippen LogP contribution in [-0.2, 0) is 35.0 Å². The van der Waals surface area contributed by atoms with E-state index in [4.69, 9.17) is 28.4 Å². The van der Waals surface area contributed by atoms with Gasteiger partial charge in [-0.15, -0.1) is 0 Å². The van der Waals surface area contributed by atoms with Gasteiger partial charge in [-0.25, -0.2) is 9.59 Å². The van der Waals surface area contributed by atoms with Crippen molar-refractivity contribution in [2.45, 2.75) is 93.7 Å². The van der Waals surface area contributed by atoms with Gasteiger partial charge in [0.1, 0.15) is 12.1 Å². The highest BCUT2D eigenvalue weighted by atomic mass is 16.7. The Bertz CT molecular complexity index is 1040. The van der Waals surface area contributed by atoms with Gasteiger partial charge >= 0.3 is 24.2 Å². The molecule has 0 spiro atoms. The summed E-state index contributed by atoms with van der Waals surface area (Å²) < 4.78 is 31.5. The molecule has 11 nitrogen and oxygen atoms in total. The van der Waals surface area contributed by atoms with E-state index in [1.165, 1.54) is 19.2 Å². The highest BCUT2D eigenvalue weighted by Gasteiger charge is 2.25. The molecule has 0 aliphatic carbocycles. The highest BCUT2D eigenvalue weighted by molar-refractivity contribution is 5.76. The molecule has 0 fully saturated rings. The van der Waals surface area contributed by atoms with Gasteiger partial charge in [0.05, 0.1) is 26.2 Å². The van der Waals surface area contributed by atoms with E-state index in [0.717, 1.165) is 12.8 Å². The van der Waals surface area contributed by atoms with Crippen LogP contribution in [0, 0.1) is 16.7 Å². The van der Waals surface area contributed by atoms with Crippen molar-refractivity contribution in [3.63, 3.8) is 0 Å². The summed E-state index contributed by atoms with van der Waals surface area (Å²) in [4.78, 5) is 49.6. The molecule has 1 N–H and O–H groups in total. The normalized spacial score (nSPS) is 13.8. The van der Waals surface area contributed by atoms with E-state index in [2.05, 4.69) is 5.32 Å². The van der Waals surface area contributed by atoms with Crippen LogP contribution >= 0.6 is 0 Å². The summed E-state index contributed by atoms with van der Waals surface area (Å²) in [6, 6.07) is 3.72. The standard InChI is InChI=1S/C31H49NO10/c1-11-12-20(2)26(33)40-21(3)17-32-23(27(34)37-10)15-22-13-14-24(41-28(35)38-18-30(4,5)6)25(16-22)42-29(36)39-19-31(7,8)9/h13-14,16,20-21,23,32H,11-12,15,17-19H2,1-10H3/t20?,21?,23-/m0/s1. The van der Waals surface area contributed by atoms with Crippen LogP contribution in [0.25, 0.3) is 0 Å². The van der Waals surface area contributed by atoms with Gasteiger partial charge in [0.25, 0.3) is 0 Å². The first-order valence-electron chi connectivity index (χ1n) is 14.3. The SMILES string of the molecule is CCCC(C)C(=O)OC(C)CN[C@@H](Cc1ccc(OC(=O)OCC(C)(C)C)c(OC(=O)OCC(C)(C)C)c1)C(=O)OC. The average molecular weight is 596 g/mol. The van der Waals surface area contributed by atoms with Gasteiger partial charge < -0.3 is 33.7 Å². The number of benzene rings is 1. The first-order chi connectivity index (χ1) is 19.4. The maximum atomic E-state index is 12.6. The molecule has 0 amide bonds. The molecule has 0 aromatic heterocycles. The Balaban J connectivity index is 3.09. The highest BCUT2D eigenvalue weighted by Crippen LogP contribution is 2.30. The molecular weight excluding hydrogens is 546 g/mol. The maximum Gasteiger partial charge on any atom is 0.513 e. The van der Waals surface area contributed by atoms with Crippen molar-refractivity contribution in [2.75, 3.05) is 26.9 Å². The molecule has 0 saturated carbocycles. The maximum absolute atomic E-state index is 12.6. The van der Waals surface area contributed by atoms with Gasteiger partial charge in [-0.1, -0.05) is 67.9 Å². The van der Waals surface area contributed by atoms with Crippen LogP contribution in [0.15, 0.2) is 18.2 Å². The van der Waals surface area contributed by atoms with Gasteiger partial charge in [0, 0.05) is 6.54 Å². The molecule has 42 heavy (non-hydrogen) atoms. The molecule has 0 saturated heterocycles. The molecule has 1 aromatic rings. The molecule has 238 valence electrons. The van der Waals surface area contributed by atoms with Crippen molar-refractivity contribution < 1.29 is 47.6 Å². The van der Waals surface area contributed by atoms with Crippen molar-refractivity contribution in [1.29, 1.82) is 0 Å². The molecule has 2 unspecified atom stereocenters. The zero-order valence-electron chi connectivity index (χ0n) is 26.8. The van der Waals surface area contributed by atoms with E-state index in [-0.39, 0.29) is 60.4 Å². The fourth-order valence-electron chi connectivity index (χ4n) is 3.46. The summed E-state index contributed by atoms with van der Waals surface area (Å²) in [7, 11) is 1.27. The number of carbonyl (C=O) groups excluding carboxylic acids is 4. The largest absolute Gasteiger partial charge is 0.513 e.